The summed E-state index contributed by atoms with van der Waals surface area (Å²) in [5.41, 5.74) is 2.20. The summed E-state index contributed by atoms with van der Waals surface area (Å²) in [6, 6.07) is 1.99. The van der Waals surface area contributed by atoms with E-state index in [1.807, 2.05) is 19.2 Å². The van der Waals surface area contributed by atoms with E-state index in [1.54, 1.807) is 11.3 Å². The van der Waals surface area contributed by atoms with Crippen LogP contribution < -0.4 is 10.6 Å². The predicted octanol–water partition coefficient (Wildman–Crippen LogP) is 2.18. The number of pyridine rings is 1. The minimum Gasteiger partial charge on any atom is -0.390 e. The number of nitrogens with one attached hydrogen (secondary N) is 2. The van der Waals surface area contributed by atoms with Gasteiger partial charge >= 0.3 is 0 Å². The molecule has 3 heterocycles. The highest BCUT2D eigenvalue weighted by Crippen LogP contribution is 2.56. The van der Waals surface area contributed by atoms with Crippen molar-refractivity contribution in [3.63, 3.8) is 0 Å². The Morgan fingerprint density at radius 1 is 1.06 bits per heavy atom. The van der Waals surface area contributed by atoms with Crippen molar-refractivity contribution in [2.75, 3.05) is 10.6 Å². The molecule has 10 heteroatoms. The normalized spacial score (nSPS) is 32.7. The fraction of sp³-hybridized carbons (Fsp3) is 0.565. The first-order chi connectivity index (χ1) is 15.9. The van der Waals surface area contributed by atoms with E-state index in [9.17, 15) is 15.3 Å². The number of fused-ring (bicyclic) bond motifs is 2. The van der Waals surface area contributed by atoms with Gasteiger partial charge in [-0.05, 0) is 45.1 Å². The quantitative estimate of drug-likeness (QED) is 0.370. The Hall–Kier alpha value is -2.40. The van der Waals surface area contributed by atoms with Gasteiger partial charge in [0, 0.05) is 24.1 Å². The van der Waals surface area contributed by atoms with Gasteiger partial charge in [-0.1, -0.05) is 0 Å². The van der Waals surface area contributed by atoms with Crippen LogP contribution in [0.15, 0.2) is 12.3 Å². The van der Waals surface area contributed by atoms with Crippen LogP contribution in [-0.2, 0) is 0 Å². The SMILES string of the molecule is Cc1nc(NC2CC2)nc(N[C@@H]2C[C@@H]3C(O)[C@]3(O)[C@H]2O)c1-c1nc2c(C3CC3)nccc2s1. The van der Waals surface area contributed by atoms with Crippen LogP contribution in [-0.4, -0.2) is 65.1 Å². The van der Waals surface area contributed by atoms with E-state index in [0.29, 0.717) is 30.1 Å². The number of aliphatic hydroxyl groups excluding tert-OH is 2. The summed E-state index contributed by atoms with van der Waals surface area (Å²) in [7, 11) is 0. The average Bonchev–Trinajstić information content (AvgIpc) is 3.73. The van der Waals surface area contributed by atoms with Crippen molar-refractivity contribution >= 4 is 33.3 Å². The molecular weight excluding hydrogens is 440 g/mol. The van der Waals surface area contributed by atoms with Crippen LogP contribution in [0.1, 0.15) is 49.4 Å². The van der Waals surface area contributed by atoms with Crippen LogP contribution in [0.25, 0.3) is 20.8 Å². The molecule has 1 unspecified atom stereocenters. The van der Waals surface area contributed by atoms with E-state index in [2.05, 4.69) is 15.6 Å². The van der Waals surface area contributed by atoms with Gasteiger partial charge in [0.15, 0.2) is 0 Å². The number of aromatic nitrogens is 4. The Labute approximate surface area is 194 Å². The third kappa shape index (κ3) is 3.08. The smallest absolute Gasteiger partial charge is 0.225 e. The number of anilines is 2. The molecule has 4 saturated carbocycles. The monoisotopic (exact) mass is 466 g/mol. The molecule has 0 amide bonds. The van der Waals surface area contributed by atoms with Gasteiger partial charge in [-0.3, -0.25) is 4.98 Å². The fourth-order valence-corrected chi connectivity index (χ4v) is 6.31. The minimum atomic E-state index is -1.42. The molecule has 0 radical (unpaired) electrons. The van der Waals surface area contributed by atoms with E-state index in [-0.39, 0.29) is 5.92 Å². The van der Waals surface area contributed by atoms with Crippen LogP contribution in [0, 0.1) is 12.8 Å². The lowest BCUT2D eigenvalue weighted by Gasteiger charge is -2.25. The van der Waals surface area contributed by atoms with Crippen LogP contribution in [0.4, 0.5) is 11.8 Å². The summed E-state index contributed by atoms with van der Waals surface area (Å²) in [6.45, 7) is 1.95. The molecule has 0 spiro atoms. The molecule has 9 nitrogen and oxygen atoms in total. The summed E-state index contributed by atoms with van der Waals surface area (Å²) >= 11 is 1.59. The molecule has 33 heavy (non-hydrogen) atoms. The molecule has 0 saturated heterocycles. The predicted molar refractivity (Wildman–Crippen MR) is 124 cm³/mol. The molecule has 4 aliphatic carbocycles. The van der Waals surface area contributed by atoms with E-state index in [1.165, 1.54) is 0 Å². The standard InChI is InChI=1S/C23H26N6O3S/c1-9-15(21-28-17-14(33-21)6-7-24-16(17)10-2-3-10)20(29-22(25-9)26-11-4-5-11)27-13-8-12-18(30)23(12,32)19(13)31/h6-7,10-13,18-19,30-32H,2-5,8H2,1H3,(H2,25,26,27,29)/t12-,13-,18?,19+,23+/m1/s1. The molecule has 0 aliphatic heterocycles. The topological polar surface area (TPSA) is 136 Å². The Morgan fingerprint density at radius 2 is 1.88 bits per heavy atom. The number of thiazole rings is 1. The number of aliphatic hydroxyl groups is 3. The van der Waals surface area contributed by atoms with Gasteiger partial charge < -0.3 is 26.0 Å². The van der Waals surface area contributed by atoms with Gasteiger partial charge in [-0.2, -0.15) is 4.98 Å². The van der Waals surface area contributed by atoms with Gasteiger partial charge in [0.2, 0.25) is 5.95 Å². The van der Waals surface area contributed by atoms with Gasteiger partial charge in [-0.15, -0.1) is 11.3 Å². The van der Waals surface area contributed by atoms with Crippen LogP contribution >= 0.6 is 11.3 Å². The number of aryl methyl sites for hydroxylation is 1. The summed E-state index contributed by atoms with van der Waals surface area (Å²) in [5.74, 6) is 1.33. The second-order valence-corrected chi connectivity index (χ2v) is 11.0. The molecule has 0 aromatic carbocycles. The third-order valence-electron chi connectivity index (χ3n) is 7.54. The van der Waals surface area contributed by atoms with Crippen LogP contribution in [0.3, 0.4) is 0 Å². The fourth-order valence-electron chi connectivity index (χ4n) is 5.24. The highest BCUT2D eigenvalue weighted by Gasteiger charge is 2.74. The Morgan fingerprint density at radius 3 is 2.58 bits per heavy atom. The molecule has 4 aliphatic rings. The third-order valence-corrected chi connectivity index (χ3v) is 8.58. The first-order valence-electron chi connectivity index (χ1n) is 11.7. The maximum atomic E-state index is 10.7. The summed E-state index contributed by atoms with van der Waals surface area (Å²) < 4.78 is 1.09. The number of hydrogen-bond acceptors (Lipinski definition) is 10. The molecule has 5 N–H and O–H groups in total. The minimum absolute atomic E-state index is 0.310. The van der Waals surface area contributed by atoms with E-state index >= 15 is 0 Å². The first-order valence-corrected chi connectivity index (χ1v) is 12.5. The van der Waals surface area contributed by atoms with Gasteiger partial charge in [0.05, 0.1) is 33.8 Å². The van der Waals surface area contributed by atoms with Crippen molar-refractivity contribution < 1.29 is 15.3 Å². The maximum absolute atomic E-state index is 10.7. The highest BCUT2D eigenvalue weighted by atomic mass is 32.1. The Bertz CT molecular complexity index is 1270. The maximum Gasteiger partial charge on any atom is 0.225 e. The Kier molecular flexibility index (Phi) is 4.13. The van der Waals surface area contributed by atoms with Crippen molar-refractivity contribution in [3.05, 3.63) is 23.7 Å². The van der Waals surface area contributed by atoms with Gasteiger partial charge in [0.25, 0.3) is 0 Å². The lowest BCUT2D eigenvalue weighted by atomic mass is 10.1. The zero-order valence-corrected chi connectivity index (χ0v) is 19.0. The van der Waals surface area contributed by atoms with Crippen molar-refractivity contribution in [2.45, 2.75) is 74.8 Å². The summed E-state index contributed by atoms with van der Waals surface area (Å²) in [6.07, 6.45) is 4.93. The lowest BCUT2D eigenvalue weighted by Crippen LogP contribution is -2.42. The van der Waals surface area contributed by atoms with Crippen molar-refractivity contribution in [2.24, 2.45) is 5.92 Å². The first kappa shape index (κ1) is 20.0. The average molecular weight is 467 g/mol. The number of rotatable bonds is 6. The van der Waals surface area contributed by atoms with Crippen molar-refractivity contribution in [1.82, 2.24) is 19.9 Å². The molecule has 0 bridgehead atoms. The van der Waals surface area contributed by atoms with E-state index in [4.69, 9.17) is 15.0 Å². The van der Waals surface area contributed by atoms with E-state index in [0.717, 1.165) is 57.9 Å². The lowest BCUT2D eigenvalue weighted by molar-refractivity contribution is -0.0262. The van der Waals surface area contributed by atoms with E-state index < -0.39 is 23.9 Å². The largest absolute Gasteiger partial charge is 0.390 e. The number of nitrogens with zero attached hydrogens (tertiary/aromatic N) is 4. The summed E-state index contributed by atoms with van der Waals surface area (Å²) in [5, 5.41) is 38.8. The highest BCUT2D eigenvalue weighted by molar-refractivity contribution is 7.21. The zero-order valence-electron chi connectivity index (χ0n) is 18.2. The molecule has 3 aromatic rings. The molecule has 172 valence electrons. The second kappa shape index (κ2) is 6.82. The van der Waals surface area contributed by atoms with Gasteiger partial charge in [-0.25, -0.2) is 9.97 Å². The molecule has 4 fully saturated rings. The second-order valence-electron chi connectivity index (χ2n) is 9.98. The Balaban J connectivity index is 1.30. The zero-order chi connectivity index (χ0) is 22.5. The molecular formula is C23H26N6O3S. The molecule has 5 atom stereocenters. The van der Waals surface area contributed by atoms with Crippen molar-refractivity contribution in [1.29, 1.82) is 0 Å². The van der Waals surface area contributed by atoms with Crippen LogP contribution in [0.5, 0.6) is 0 Å². The molecule has 7 rings (SSSR count). The van der Waals surface area contributed by atoms with Crippen molar-refractivity contribution in [3.8, 4) is 10.6 Å². The summed E-state index contributed by atoms with van der Waals surface area (Å²) in [4.78, 5) is 19.1. The number of hydrogen-bond donors (Lipinski definition) is 5. The molecule has 3 aromatic heterocycles. The van der Waals surface area contributed by atoms with Crippen LogP contribution in [0.2, 0.25) is 0 Å². The van der Waals surface area contributed by atoms with Gasteiger partial charge in [0.1, 0.15) is 28.0 Å².